The van der Waals surface area contributed by atoms with E-state index in [4.69, 9.17) is 9.47 Å². The lowest BCUT2D eigenvalue weighted by atomic mass is 10.1. The van der Waals surface area contributed by atoms with Crippen LogP contribution in [0.1, 0.15) is 80.6 Å². The quantitative estimate of drug-likeness (QED) is 0.294. The third-order valence-electron chi connectivity index (χ3n) is 5.24. The van der Waals surface area contributed by atoms with E-state index in [0.29, 0.717) is 30.9 Å². The molecule has 0 aromatic heterocycles. The van der Waals surface area contributed by atoms with Gasteiger partial charge in [-0.15, -0.1) is 0 Å². The zero-order valence-electron chi connectivity index (χ0n) is 18.6. The van der Waals surface area contributed by atoms with E-state index < -0.39 is 5.97 Å². The summed E-state index contributed by atoms with van der Waals surface area (Å²) in [5.41, 5.74) is 1.08. The summed E-state index contributed by atoms with van der Waals surface area (Å²) in [7, 11) is 0. The summed E-state index contributed by atoms with van der Waals surface area (Å²) in [6.07, 6.45) is 11.3. The third kappa shape index (κ3) is 9.01. The molecule has 0 unspecified atom stereocenters. The van der Waals surface area contributed by atoms with Crippen LogP contribution in [0.2, 0.25) is 0 Å². The van der Waals surface area contributed by atoms with E-state index in [-0.39, 0.29) is 12.2 Å². The van der Waals surface area contributed by atoms with Crippen molar-refractivity contribution in [2.45, 2.75) is 71.1 Å². The lowest BCUT2D eigenvalue weighted by Crippen LogP contribution is -2.03. The van der Waals surface area contributed by atoms with Crippen LogP contribution in [0.25, 0.3) is 0 Å². The average Bonchev–Trinajstić information content (AvgIpc) is 2.77. The van der Waals surface area contributed by atoms with Crippen molar-refractivity contribution in [1.82, 2.24) is 0 Å². The van der Waals surface area contributed by atoms with Crippen molar-refractivity contribution in [3.63, 3.8) is 0 Å². The number of benzene rings is 2. The van der Waals surface area contributed by atoms with Gasteiger partial charge in [-0.05, 0) is 55.2 Å². The van der Waals surface area contributed by atoms with Crippen molar-refractivity contribution >= 4 is 5.97 Å². The number of aryl methyl sites for hydroxylation is 1. The molecule has 0 atom stereocenters. The zero-order chi connectivity index (χ0) is 22.3. The van der Waals surface area contributed by atoms with Gasteiger partial charge in [0.25, 0.3) is 0 Å². The topological polar surface area (TPSA) is 76.0 Å². The van der Waals surface area contributed by atoms with Crippen molar-refractivity contribution in [3.8, 4) is 17.2 Å². The highest BCUT2D eigenvalue weighted by molar-refractivity contribution is 5.90. The molecular weight excluding hydrogens is 392 g/mol. The molecule has 0 aliphatic carbocycles. The van der Waals surface area contributed by atoms with Crippen molar-refractivity contribution in [2.24, 2.45) is 0 Å². The largest absolute Gasteiger partial charge is 0.493 e. The normalized spacial score (nSPS) is 10.8. The molecule has 0 aliphatic heterocycles. The van der Waals surface area contributed by atoms with Crippen LogP contribution in [-0.2, 0) is 6.42 Å². The van der Waals surface area contributed by atoms with Gasteiger partial charge in [0.2, 0.25) is 0 Å². The average molecular weight is 429 g/mol. The molecule has 0 aliphatic rings. The van der Waals surface area contributed by atoms with Crippen molar-refractivity contribution in [1.29, 1.82) is 0 Å². The molecular formula is C26H36O5. The van der Waals surface area contributed by atoms with Gasteiger partial charge in [0, 0.05) is 6.61 Å². The lowest BCUT2D eigenvalue weighted by Gasteiger charge is -2.14. The minimum absolute atomic E-state index is 0.102. The van der Waals surface area contributed by atoms with Crippen LogP contribution < -0.4 is 9.47 Å². The van der Waals surface area contributed by atoms with Gasteiger partial charge < -0.3 is 19.7 Å². The highest BCUT2D eigenvalue weighted by atomic mass is 16.5. The summed E-state index contributed by atoms with van der Waals surface area (Å²) in [4.78, 5) is 11.4. The summed E-state index contributed by atoms with van der Waals surface area (Å²) < 4.78 is 11.9. The maximum atomic E-state index is 11.4. The summed E-state index contributed by atoms with van der Waals surface area (Å²) in [6, 6.07) is 12.1. The molecule has 170 valence electrons. The molecule has 31 heavy (non-hydrogen) atoms. The van der Waals surface area contributed by atoms with Gasteiger partial charge in [0.15, 0.2) is 0 Å². The molecule has 2 rings (SSSR count). The van der Waals surface area contributed by atoms with E-state index in [1.54, 1.807) is 24.3 Å². The Morgan fingerprint density at radius 2 is 1.58 bits per heavy atom. The van der Waals surface area contributed by atoms with E-state index in [2.05, 4.69) is 6.92 Å². The number of hydrogen-bond donors (Lipinski definition) is 2. The zero-order valence-corrected chi connectivity index (χ0v) is 18.6. The second kappa shape index (κ2) is 14.5. The SMILES string of the molecule is CCCCCCCCCCOc1ccc(Oc2ccccc2C(=O)O)cc1CCCO. The predicted molar refractivity (Wildman–Crippen MR) is 123 cm³/mol. The van der Waals surface area contributed by atoms with Gasteiger partial charge in [-0.3, -0.25) is 0 Å². The van der Waals surface area contributed by atoms with Crippen molar-refractivity contribution in [3.05, 3.63) is 53.6 Å². The predicted octanol–water partition coefficient (Wildman–Crippen LogP) is 6.62. The Morgan fingerprint density at radius 3 is 2.29 bits per heavy atom. The number of hydrogen-bond acceptors (Lipinski definition) is 4. The Morgan fingerprint density at radius 1 is 0.871 bits per heavy atom. The molecule has 5 heteroatoms. The van der Waals surface area contributed by atoms with Crippen LogP contribution in [0.5, 0.6) is 17.2 Å². The number of aliphatic hydroxyl groups excluding tert-OH is 1. The van der Waals surface area contributed by atoms with Gasteiger partial charge in [-0.2, -0.15) is 0 Å². The van der Waals surface area contributed by atoms with E-state index in [1.165, 1.54) is 51.0 Å². The Labute approximate surface area is 186 Å². The van der Waals surface area contributed by atoms with Crippen LogP contribution in [0.4, 0.5) is 0 Å². The molecule has 0 amide bonds. The fraction of sp³-hybridized carbons (Fsp3) is 0.500. The van der Waals surface area contributed by atoms with Gasteiger partial charge >= 0.3 is 5.97 Å². The van der Waals surface area contributed by atoms with E-state index in [1.807, 2.05) is 12.1 Å². The second-order valence-corrected chi connectivity index (χ2v) is 7.82. The fourth-order valence-electron chi connectivity index (χ4n) is 3.50. The van der Waals surface area contributed by atoms with Crippen LogP contribution in [0.15, 0.2) is 42.5 Å². The maximum Gasteiger partial charge on any atom is 0.339 e. The molecule has 5 nitrogen and oxygen atoms in total. The highest BCUT2D eigenvalue weighted by Gasteiger charge is 2.12. The Hall–Kier alpha value is -2.53. The Balaban J connectivity index is 1.91. The van der Waals surface area contributed by atoms with Crippen LogP contribution >= 0.6 is 0 Å². The lowest BCUT2D eigenvalue weighted by molar-refractivity contribution is 0.0694. The van der Waals surface area contributed by atoms with E-state index in [9.17, 15) is 15.0 Å². The summed E-state index contributed by atoms with van der Waals surface area (Å²) >= 11 is 0. The number of carbonyl (C=O) groups is 1. The molecule has 2 aromatic carbocycles. The van der Waals surface area contributed by atoms with Gasteiger partial charge in [-0.25, -0.2) is 4.79 Å². The number of aromatic carboxylic acids is 1. The van der Waals surface area contributed by atoms with E-state index in [0.717, 1.165) is 17.7 Å². The van der Waals surface area contributed by atoms with Gasteiger partial charge in [0.05, 0.1) is 6.61 Å². The standard InChI is InChI=1S/C26H36O5/c1-2-3-4-5-6-7-8-11-19-30-24-17-16-22(20-21(24)13-12-18-27)31-25-15-10-9-14-23(25)26(28)29/h9-10,14-17,20,27H,2-8,11-13,18-19H2,1H3,(H,28,29). The summed E-state index contributed by atoms with van der Waals surface area (Å²) in [6.45, 7) is 3.01. The summed E-state index contributed by atoms with van der Waals surface area (Å²) in [5.74, 6) is 0.633. The molecule has 0 fully saturated rings. The first kappa shape index (κ1) is 24.7. The molecule has 0 saturated carbocycles. The smallest absolute Gasteiger partial charge is 0.339 e. The number of para-hydroxylation sites is 1. The molecule has 0 bridgehead atoms. The first-order chi connectivity index (χ1) is 15.2. The monoisotopic (exact) mass is 428 g/mol. The van der Waals surface area contributed by atoms with E-state index >= 15 is 0 Å². The van der Waals surface area contributed by atoms with Crippen LogP contribution in [0.3, 0.4) is 0 Å². The fourth-order valence-corrected chi connectivity index (χ4v) is 3.50. The van der Waals surface area contributed by atoms with Crippen LogP contribution in [-0.4, -0.2) is 29.4 Å². The summed E-state index contributed by atoms with van der Waals surface area (Å²) in [5, 5.41) is 18.6. The number of aliphatic hydroxyl groups is 1. The molecule has 0 saturated heterocycles. The molecule has 2 N–H and O–H groups in total. The highest BCUT2D eigenvalue weighted by Crippen LogP contribution is 2.30. The minimum Gasteiger partial charge on any atom is -0.493 e. The van der Waals surface area contributed by atoms with Crippen molar-refractivity contribution < 1.29 is 24.5 Å². The number of rotatable bonds is 16. The molecule has 0 heterocycles. The first-order valence-corrected chi connectivity index (χ1v) is 11.5. The first-order valence-electron chi connectivity index (χ1n) is 11.5. The third-order valence-corrected chi connectivity index (χ3v) is 5.24. The van der Waals surface area contributed by atoms with Gasteiger partial charge in [0.1, 0.15) is 22.8 Å². The minimum atomic E-state index is -1.03. The molecule has 0 spiro atoms. The number of unbranched alkanes of at least 4 members (excludes halogenated alkanes) is 7. The molecule has 0 radical (unpaired) electrons. The number of carboxylic acid groups (broad SMARTS) is 1. The van der Waals surface area contributed by atoms with Crippen molar-refractivity contribution in [2.75, 3.05) is 13.2 Å². The Kier molecular flexibility index (Phi) is 11.5. The number of carboxylic acids is 1. The maximum absolute atomic E-state index is 11.4. The Bertz CT molecular complexity index is 787. The molecule has 2 aromatic rings. The number of ether oxygens (including phenoxy) is 2. The second-order valence-electron chi connectivity index (χ2n) is 7.82. The van der Waals surface area contributed by atoms with Gasteiger partial charge in [-0.1, -0.05) is 64.0 Å². The van der Waals surface area contributed by atoms with Crippen LogP contribution in [0, 0.1) is 0 Å².